The molecule has 5 nitrogen and oxygen atoms in total. The van der Waals surface area contributed by atoms with Crippen LogP contribution in [0.25, 0.3) is 0 Å². The number of carbonyl (C=O) groups excluding carboxylic acids is 2. The smallest absolute Gasteiger partial charge is 0.329 e. The molecule has 0 saturated heterocycles. The molecule has 138 valence electrons. The van der Waals surface area contributed by atoms with Gasteiger partial charge in [-0.3, -0.25) is 4.79 Å². The molecule has 0 aliphatic rings. The molecule has 0 bridgehead atoms. The predicted molar refractivity (Wildman–Crippen MR) is 95.3 cm³/mol. The summed E-state index contributed by atoms with van der Waals surface area (Å²) in [6.45, 7) is 3.40. The summed E-state index contributed by atoms with van der Waals surface area (Å²) in [4.78, 5) is 24.7. The zero-order valence-corrected chi connectivity index (χ0v) is 15.0. The highest BCUT2D eigenvalue weighted by atomic mass is 19.1. The van der Waals surface area contributed by atoms with Gasteiger partial charge in [0.2, 0.25) is 0 Å². The maximum atomic E-state index is 13.6. The fraction of sp³-hybridized carbons (Fsp3) is 0.300. The van der Waals surface area contributed by atoms with Crippen molar-refractivity contribution < 1.29 is 23.5 Å². The molecule has 2 aromatic rings. The first-order valence-corrected chi connectivity index (χ1v) is 8.27. The average Bonchev–Trinajstić information content (AvgIpc) is 2.64. The van der Waals surface area contributed by atoms with Crippen LogP contribution in [0.2, 0.25) is 0 Å². The maximum Gasteiger partial charge on any atom is 0.329 e. The number of amides is 1. The second kappa shape index (κ2) is 8.99. The second-order valence-corrected chi connectivity index (χ2v) is 6.12. The highest BCUT2D eigenvalue weighted by Gasteiger charge is 2.26. The number of benzene rings is 2. The van der Waals surface area contributed by atoms with Crippen molar-refractivity contribution in [3.8, 4) is 5.75 Å². The topological polar surface area (TPSA) is 64.6 Å². The third kappa shape index (κ3) is 5.05. The third-order valence-corrected chi connectivity index (χ3v) is 3.89. The van der Waals surface area contributed by atoms with Crippen molar-refractivity contribution in [2.45, 2.75) is 26.5 Å². The highest BCUT2D eigenvalue weighted by molar-refractivity contribution is 5.96. The third-order valence-electron chi connectivity index (χ3n) is 3.89. The van der Waals surface area contributed by atoms with Crippen molar-refractivity contribution in [2.24, 2.45) is 5.92 Å². The highest BCUT2D eigenvalue weighted by Crippen LogP contribution is 2.13. The fourth-order valence-electron chi connectivity index (χ4n) is 2.32. The van der Waals surface area contributed by atoms with Crippen LogP contribution in [0, 0.1) is 11.7 Å². The molecule has 0 spiro atoms. The van der Waals surface area contributed by atoms with Gasteiger partial charge in [-0.15, -0.1) is 0 Å². The van der Waals surface area contributed by atoms with Gasteiger partial charge in [0.15, 0.2) is 0 Å². The Hall–Kier alpha value is -2.89. The summed E-state index contributed by atoms with van der Waals surface area (Å²) in [5, 5.41) is 2.67. The molecule has 2 rings (SSSR count). The van der Waals surface area contributed by atoms with Gasteiger partial charge in [0, 0.05) is 11.1 Å². The Morgan fingerprint density at radius 3 is 2.31 bits per heavy atom. The molecule has 0 fully saturated rings. The number of hydrogen-bond acceptors (Lipinski definition) is 4. The van der Waals surface area contributed by atoms with Gasteiger partial charge in [0.05, 0.1) is 7.11 Å². The van der Waals surface area contributed by atoms with Crippen LogP contribution in [0.5, 0.6) is 5.75 Å². The van der Waals surface area contributed by atoms with Gasteiger partial charge < -0.3 is 14.8 Å². The number of carbonyl (C=O) groups is 2. The van der Waals surface area contributed by atoms with Gasteiger partial charge in [0.25, 0.3) is 5.91 Å². The molecule has 1 amide bonds. The minimum atomic E-state index is -0.837. The number of halogens is 1. The van der Waals surface area contributed by atoms with Crippen molar-refractivity contribution in [3.63, 3.8) is 0 Å². The molecular weight excluding hydrogens is 337 g/mol. The van der Waals surface area contributed by atoms with E-state index in [1.807, 2.05) is 0 Å². The molecule has 1 atom stereocenters. The molecule has 0 radical (unpaired) electrons. The van der Waals surface area contributed by atoms with Crippen LogP contribution in [0.15, 0.2) is 48.5 Å². The molecule has 0 unspecified atom stereocenters. The Bertz CT molecular complexity index is 759. The van der Waals surface area contributed by atoms with Crippen LogP contribution in [-0.4, -0.2) is 25.0 Å². The molecule has 6 heteroatoms. The zero-order valence-electron chi connectivity index (χ0n) is 15.0. The first-order chi connectivity index (χ1) is 12.4. The van der Waals surface area contributed by atoms with E-state index >= 15 is 0 Å². The summed E-state index contributed by atoms with van der Waals surface area (Å²) < 4.78 is 23.9. The molecular formula is C20H22FNO4. The van der Waals surface area contributed by atoms with E-state index in [1.165, 1.54) is 13.2 Å². The Morgan fingerprint density at radius 1 is 1.08 bits per heavy atom. The predicted octanol–water partition coefficient (Wildman–Crippen LogP) is 3.33. The lowest BCUT2D eigenvalue weighted by atomic mass is 10.0. The Labute approximate surface area is 152 Å². The number of rotatable bonds is 7. The quantitative estimate of drug-likeness (QED) is 0.770. The average molecular weight is 359 g/mol. The standard InChI is InChI=1S/C20H22FNO4/c1-13(2)18(20(24)26-12-15-6-4-5-7-17(15)21)22-19(23)14-8-10-16(25-3)11-9-14/h4-11,13,18H,12H2,1-3H3,(H,22,23)/t18-/m0/s1. The van der Waals surface area contributed by atoms with Crippen LogP contribution >= 0.6 is 0 Å². The first kappa shape index (κ1) is 19.4. The van der Waals surface area contributed by atoms with Crippen LogP contribution in [0.1, 0.15) is 29.8 Å². The maximum absolute atomic E-state index is 13.6. The van der Waals surface area contributed by atoms with E-state index in [0.29, 0.717) is 11.3 Å². The van der Waals surface area contributed by atoms with Crippen LogP contribution in [0.3, 0.4) is 0 Å². The van der Waals surface area contributed by atoms with Gasteiger partial charge in [-0.2, -0.15) is 0 Å². The summed E-state index contributed by atoms with van der Waals surface area (Å²) in [5.41, 5.74) is 0.684. The van der Waals surface area contributed by atoms with Crippen molar-refractivity contribution in [1.29, 1.82) is 0 Å². The van der Waals surface area contributed by atoms with Gasteiger partial charge in [-0.1, -0.05) is 32.0 Å². The summed E-state index contributed by atoms with van der Waals surface area (Å²) in [7, 11) is 1.54. The van der Waals surface area contributed by atoms with E-state index < -0.39 is 23.7 Å². The summed E-state index contributed by atoms with van der Waals surface area (Å²) in [6.07, 6.45) is 0. The molecule has 0 aliphatic carbocycles. The molecule has 0 heterocycles. The first-order valence-electron chi connectivity index (χ1n) is 8.27. The zero-order chi connectivity index (χ0) is 19.1. The summed E-state index contributed by atoms with van der Waals surface area (Å²) in [6, 6.07) is 11.8. The molecule has 26 heavy (non-hydrogen) atoms. The van der Waals surface area contributed by atoms with E-state index in [2.05, 4.69) is 5.32 Å². The van der Waals surface area contributed by atoms with Crippen molar-refractivity contribution in [2.75, 3.05) is 7.11 Å². The minimum absolute atomic E-state index is 0.187. The number of ether oxygens (including phenoxy) is 2. The van der Waals surface area contributed by atoms with Crippen molar-refractivity contribution >= 4 is 11.9 Å². The number of esters is 1. The SMILES string of the molecule is COc1ccc(C(=O)N[C@H](C(=O)OCc2ccccc2F)C(C)C)cc1. The second-order valence-electron chi connectivity index (χ2n) is 6.12. The molecule has 0 aliphatic heterocycles. The minimum Gasteiger partial charge on any atom is -0.497 e. The lowest BCUT2D eigenvalue weighted by molar-refractivity contribution is -0.148. The Balaban J connectivity index is 2.01. The number of nitrogens with one attached hydrogen (secondary N) is 1. The summed E-state index contributed by atoms with van der Waals surface area (Å²) in [5.74, 6) is -1.00. The van der Waals surface area contributed by atoms with Gasteiger partial charge in [-0.05, 0) is 36.2 Å². The lowest BCUT2D eigenvalue weighted by Gasteiger charge is -2.21. The molecule has 0 saturated carbocycles. The van der Waals surface area contributed by atoms with Crippen molar-refractivity contribution in [3.05, 3.63) is 65.5 Å². The van der Waals surface area contributed by atoms with Crippen LogP contribution < -0.4 is 10.1 Å². The lowest BCUT2D eigenvalue weighted by Crippen LogP contribution is -2.45. The van der Waals surface area contributed by atoms with E-state index in [4.69, 9.17) is 9.47 Å². The number of hydrogen-bond donors (Lipinski definition) is 1. The fourth-order valence-corrected chi connectivity index (χ4v) is 2.32. The van der Waals surface area contributed by atoms with E-state index in [1.54, 1.807) is 56.3 Å². The number of methoxy groups -OCH3 is 1. The molecule has 0 aromatic heterocycles. The van der Waals surface area contributed by atoms with Crippen molar-refractivity contribution in [1.82, 2.24) is 5.32 Å². The van der Waals surface area contributed by atoms with E-state index in [-0.39, 0.29) is 18.1 Å². The Morgan fingerprint density at radius 2 is 1.73 bits per heavy atom. The van der Waals surface area contributed by atoms with Crippen LogP contribution in [-0.2, 0) is 16.1 Å². The van der Waals surface area contributed by atoms with Crippen LogP contribution in [0.4, 0.5) is 4.39 Å². The van der Waals surface area contributed by atoms with E-state index in [0.717, 1.165) is 0 Å². The molecule has 1 N–H and O–H groups in total. The van der Waals surface area contributed by atoms with E-state index in [9.17, 15) is 14.0 Å². The van der Waals surface area contributed by atoms with Gasteiger partial charge >= 0.3 is 5.97 Å². The summed E-state index contributed by atoms with van der Waals surface area (Å²) >= 11 is 0. The normalized spacial score (nSPS) is 11.7. The van der Waals surface area contributed by atoms with Gasteiger partial charge in [-0.25, -0.2) is 9.18 Å². The molecule has 2 aromatic carbocycles. The monoisotopic (exact) mass is 359 g/mol. The Kier molecular flexibility index (Phi) is 6.72. The van der Waals surface area contributed by atoms with Gasteiger partial charge in [0.1, 0.15) is 24.2 Å². The largest absolute Gasteiger partial charge is 0.497 e.